The van der Waals surface area contributed by atoms with E-state index < -0.39 is 16.1 Å². The lowest BCUT2D eigenvalue weighted by Crippen LogP contribution is -2.43. The van der Waals surface area contributed by atoms with Crippen molar-refractivity contribution in [3.05, 3.63) is 53.6 Å². The summed E-state index contributed by atoms with van der Waals surface area (Å²) < 4.78 is 33.1. The molecule has 1 aliphatic rings. The predicted molar refractivity (Wildman–Crippen MR) is 114 cm³/mol. The molecule has 156 valence electrons. The van der Waals surface area contributed by atoms with Crippen molar-refractivity contribution in [2.24, 2.45) is 0 Å². The number of hydrogen-bond donors (Lipinski definition) is 1. The summed E-state index contributed by atoms with van der Waals surface area (Å²) in [5.41, 5.74) is 2.48. The summed E-state index contributed by atoms with van der Waals surface area (Å²) in [6.45, 7) is 6.28. The standard InChI is InChI=1S/C22H28N2O4S/c1-15(2)17-8-10-18(11-9-17)23-22(25)20-6-5-13-24(20)29(26,27)21-14-19(28-4)12-7-16(21)3/h7-12,14-15,20H,5-6,13H2,1-4H3,(H,23,25)/t20-/m1/s1. The fraction of sp³-hybridized carbons (Fsp3) is 0.409. The molecule has 0 unspecified atom stereocenters. The highest BCUT2D eigenvalue weighted by Crippen LogP contribution is 2.30. The molecule has 0 spiro atoms. The van der Waals surface area contributed by atoms with E-state index in [2.05, 4.69) is 19.2 Å². The molecule has 0 aliphatic carbocycles. The summed E-state index contributed by atoms with van der Waals surface area (Å²) in [5, 5.41) is 2.87. The molecule has 0 saturated carbocycles. The number of ether oxygens (including phenoxy) is 1. The average Bonchev–Trinajstić information content (AvgIpc) is 3.19. The molecule has 2 aromatic carbocycles. The van der Waals surface area contributed by atoms with Crippen LogP contribution in [0.3, 0.4) is 0 Å². The number of aryl methyl sites for hydroxylation is 1. The molecular weight excluding hydrogens is 388 g/mol. The van der Waals surface area contributed by atoms with Crippen molar-refractivity contribution in [3.8, 4) is 5.75 Å². The number of rotatable bonds is 6. The Morgan fingerprint density at radius 3 is 2.48 bits per heavy atom. The van der Waals surface area contributed by atoms with Gasteiger partial charge in [0.15, 0.2) is 0 Å². The zero-order chi connectivity index (χ0) is 21.2. The van der Waals surface area contributed by atoms with Crippen molar-refractivity contribution in [3.63, 3.8) is 0 Å². The topological polar surface area (TPSA) is 75.7 Å². The van der Waals surface area contributed by atoms with Crippen molar-refractivity contribution < 1.29 is 17.9 Å². The van der Waals surface area contributed by atoms with E-state index in [0.29, 0.717) is 42.3 Å². The maximum absolute atomic E-state index is 13.3. The first-order chi connectivity index (χ1) is 13.7. The molecule has 2 aromatic rings. The highest BCUT2D eigenvalue weighted by atomic mass is 32.2. The first-order valence-electron chi connectivity index (χ1n) is 9.81. The van der Waals surface area contributed by atoms with Gasteiger partial charge in [0.05, 0.1) is 12.0 Å². The van der Waals surface area contributed by atoms with Crippen molar-refractivity contribution in [1.29, 1.82) is 0 Å². The molecule has 3 rings (SSSR count). The molecule has 0 bridgehead atoms. The zero-order valence-corrected chi connectivity index (χ0v) is 18.1. The molecule has 0 aromatic heterocycles. The Labute approximate surface area is 172 Å². The van der Waals surface area contributed by atoms with E-state index in [-0.39, 0.29) is 10.8 Å². The van der Waals surface area contributed by atoms with E-state index in [1.54, 1.807) is 19.1 Å². The van der Waals surface area contributed by atoms with Gasteiger partial charge >= 0.3 is 0 Å². The van der Waals surface area contributed by atoms with Crippen LogP contribution in [-0.2, 0) is 14.8 Å². The smallest absolute Gasteiger partial charge is 0.244 e. The number of hydrogen-bond acceptors (Lipinski definition) is 4. The van der Waals surface area contributed by atoms with Gasteiger partial charge in [-0.3, -0.25) is 4.79 Å². The SMILES string of the molecule is COc1ccc(C)c(S(=O)(=O)N2CCC[C@@H]2C(=O)Nc2ccc(C(C)C)cc2)c1. The number of amides is 1. The van der Waals surface area contributed by atoms with Gasteiger partial charge in [-0.25, -0.2) is 8.42 Å². The number of methoxy groups -OCH3 is 1. The third kappa shape index (κ3) is 4.46. The van der Waals surface area contributed by atoms with Crippen LogP contribution in [0.5, 0.6) is 5.75 Å². The minimum absolute atomic E-state index is 0.179. The third-order valence-electron chi connectivity index (χ3n) is 5.33. The number of carbonyl (C=O) groups is 1. The summed E-state index contributed by atoms with van der Waals surface area (Å²) in [6, 6.07) is 11.9. The fourth-order valence-electron chi connectivity index (χ4n) is 3.58. The zero-order valence-electron chi connectivity index (χ0n) is 17.3. The molecule has 1 aliphatic heterocycles. The molecular formula is C22H28N2O4S. The number of nitrogens with one attached hydrogen (secondary N) is 1. The number of carbonyl (C=O) groups excluding carboxylic acids is 1. The maximum atomic E-state index is 13.3. The third-order valence-corrected chi connectivity index (χ3v) is 7.38. The van der Waals surface area contributed by atoms with Gasteiger partial charge in [-0.15, -0.1) is 0 Å². The average molecular weight is 417 g/mol. The molecule has 1 heterocycles. The van der Waals surface area contributed by atoms with E-state index in [4.69, 9.17) is 4.74 Å². The molecule has 1 N–H and O–H groups in total. The Bertz CT molecular complexity index is 984. The minimum Gasteiger partial charge on any atom is -0.497 e. The van der Waals surface area contributed by atoms with E-state index in [1.807, 2.05) is 24.3 Å². The second-order valence-corrected chi connectivity index (χ2v) is 9.53. The Balaban J connectivity index is 1.82. The molecule has 7 heteroatoms. The largest absolute Gasteiger partial charge is 0.497 e. The van der Waals surface area contributed by atoms with Crippen LogP contribution in [0, 0.1) is 6.92 Å². The minimum atomic E-state index is -3.81. The van der Waals surface area contributed by atoms with Crippen LogP contribution < -0.4 is 10.1 Å². The van der Waals surface area contributed by atoms with Crippen LogP contribution in [0.4, 0.5) is 5.69 Å². The highest BCUT2D eigenvalue weighted by Gasteiger charge is 2.40. The van der Waals surface area contributed by atoms with Crippen molar-refractivity contribution >= 4 is 21.6 Å². The summed E-state index contributed by atoms with van der Waals surface area (Å²) >= 11 is 0. The van der Waals surface area contributed by atoms with Crippen LogP contribution in [0.25, 0.3) is 0 Å². The quantitative estimate of drug-likeness (QED) is 0.774. The predicted octanol–water partition coefficient (Wildman–Crippen LogP) is 3.92. The van der Waals surface area contributed by atoms with E-state index in [1.165, 1.54) is 23.0 Å². The van der Waals surface area contributed by atoms with Gasteiger partial charge < -0.3 is 10.1 Å². The fourth-order valence-corrected chi connectivity index (χ4v) is 5.48. The lowest BCUT2D eigenvalue weighted by atomic mass is 10.0. The van der Waals surface area contributed by atoms with Crippen LogP contribution in [0.15, 0.2) is 47.4 Å². The lowest BCUT2D eigenvalue weighted by molar-refractivity contribution is -0.119. The summed E-state index contributed by atoms with van der Waals surface area (Å²) in [5.74, 6) is 0.574. The number of nitrogens with zero attached hydrogens (tertiary/aromatic N) is 1. The molecule has 1 atom stereocenters. The maximum Gasteiger partial charge on any atom is 0.244 e. The van der Waals surface area contributed by atoms with Crippen LogP contribution >= 0.6 is 0 Å². The number of sulfonamides is 1. The van der Waals surface area contributed by atoms with Crippen molar-refractivity contribution in [2.45, 2.75) is 50.5 Å². The monoisotopic (exact) mass is 416 g/mol. The summed E-state index contributed by atoms with van der Waals surface area (Å²) in [4.78, 5) is 13.1. The van der Waals surface area contributed by atoms with Gasteiger partial charge in [0, 0.05) is 18.3 Å². The Kier molecular flexibility index (Phi) is 6.29. The summed E-state index contributed by atoms with van der Waals surface area (Å²) in [6.07, 6.45) is 1.14. The van der Waals surface area contributed by atoms with Crippen molar-refractivity contribution in [1.82, 2.24) is 4.31 Å². The van der Waals surface area contributed by atoms with Gasteiger partial charge in [-0.05, 0) is 55.0 Å². The first-order valence-corrected chi connectivity index (χ1v) is 11.3. The first kappa shape index (κ1) is 21.3. The molecule has 6 nitrogen and oxygen atoms in total. The van der Waals surface area contributed by atoms with Crippen LogP contribution in [0.1, 0.15) is 43.7 Å². The van der Waals surface area contributed by atoms with Gasteiger partial charge in [-0.2, -0.15) is 4.31 Å². The second-order valence-electron chi connectivity index (χ2n) is 7.67. The number of anilines is 1. The van der Waals surface area contributed by atoms with Crippen LogP contribution in [0.2, 0.25) is 0 Å². The Morgan fingerprint density at radius 2 is 1.86 bits per heavy atom. The number of benzene rings is 2. The second kappa shape index (κ2) is 8.55. The van der Waals surface area contributed by atoms with Gasteiger partial charge in [-0.1, -0.05) is 32.0 Å². The summed E-state index contributed by atoms with van der Waals surface area (Å²) in [7, 11) is -2.32. The molecule has 29 heavy (non-hydrogen) atoms. The van der Waals surface area contributed by atoms with Crippen LogP contribution in [-0.4, -0.2) is 38.3 Å². The molecule has 0 radical (unpaired) electrons. The van der Waals surface area contributed by atoms with E-state index in [9.17, 15) is 13.2 Å². The van der Waals surface area contributed by atoms with Gasteiger partial charge in [0.25, 0.3) is 0 Å². The van der Waals surface area contributed by atoms with Crippen molar-refractivity contribution in [2.75, 3.05) is 19.0 Å². The van der Waals surface area contributed by atoms with E-state index in [0.717, 1.165) is 0 Å². The normalized spacial score (nSPS) is 17.5. The molecule has 1 amide bonds. The van der Waals surface area contributed by atoms with Gasteiger partial charge in [0.2, 0.25) is 15.9 Å². The van der Waals surface area contributed by atoms with E-state index >= 15 is 0 Å². The lowest BCUT2D eigenvalue weighted by Gasteiger charge is -2.24. The Morgan fingerprint density at radius 1 is 1.17 bits per heavy atom. The Hall–Kier alpha value is -2.38. The molecule has 1 saturated heterocycles. The highest BCUT2D eigenvalue weighted by molar-refractivity contribution is 7.89. The van der Waals surface area contributed by atoms with Gasteiger partial charge in [0.1, 0.15) is 11.8 Å². The molecule has 1 fully saturated rings.